The fraction of sp³-hybridized carbons (Fsp3) is 0.0204. The molecule has 0 N–H and O–H groups in total. The number of aryl methyl sites for hydroxylation is 1. The molecule has 244 valence electrons. The van der Waals surface area contributed by atoms with Gasteiger partial charge in [0.15, 0.2) is 0 Å². The monoisotopic (exact) mass is 663 g/mol. The van der Waals surface area contributed by atoms with Crippen molar-refractivity contribution in [1.82, 2.24) is 13.7 Å². The van der Waals surface area contributed by atoms with Gasteiger partial charge in [-0.1, -0.05) is 115 Å². The number of rotatable bonds is 4. The van der Waals surface area contributed by atoms with E-state index in [2.05, 4.69) is 203 Å². The summed E-state index contributed by atoms with van der Waals surface area (Å²) in [6.45, 7) is 0. The van der Waals surface area contributed by atoms with Crippen LogP contribution in [0.3, 0.4) is 0 Å². The zero-order valence-electron chi connectivity index (χ0n) is 28.7. The fourth-order valence-electron chi connectivity index (χ4n) is 8.58. The molecule has 0 amide bonds. The lowest BCUT2D eigenvalue weighted by Crippen LogP contribution is -1.93. The van der Waals surface area contributed by atoms with Gasteiger partial charge < -0.3 is 13.7 Å². The summed E-state index contributed by atoms with van der Waals surface area (Å²) in [6.07, 6.45) is 0. The van der Waals surface area contributed by atoms with Gasteiger partial charge in [0.2, 0.25) is 0 Å². The van der Waals surface area contributed by atoms with E-state index in [9.17, 15) is 0 Å². The van der Waals surface area contributed by atoms with Crippen LogP contribution in [-0.2, 0) is 7.05 Å². The highest BCUT2D eigenvalue weighted by molar-refractivity contribution is 6.13. The van der Waals surface area contributed by atoms with Gasteiger partial charge in [0.05, 0.1) is 22.1 Å². The second-order valence-corrected chi connectivity index (χ2v) is 13.9. The van der Waals surface area contributed by atoms with E-state index in [1.54, 1.807) is 0 Å². The molecule has 0 atom stereocenters. The summed E-state index contributed by atoms with van der Waals surface area (Å²) in [6, 6.07) is 66.5. The van der Waals surface area contributed by atoms with Crippen molar-refractivity contribution in [3.8, 4) is 33.6 Å². The summed E-state index contributed by atoms with van der Waals surface area (Å²) in [4.78, 5) is 0. The molecule has 3 heteroatoms. The Morgan fingerprint density at radius 1 is 0.269 bits per heavy atom. The van der Waals surface area contributed by atoms with Crippen molar-refractivity contribution in [1.29, 1.82) is 0 Å². The van der Waals surface area contributed by atoms with Crippen LogP contribution in [0.15, 0.2) is 182 Å². The summed E-state index contributed by atoms with van der Waals surface area (Å²) in [5.74, 6) is 0. The number of hydrogen-bond acceptors (Lipinski definition) is 0. The minimum absolute atomic E-state index is 1.17. The molecule has 11 aromatic rings. The van der Waals surface area contributed by atoms with Crippen LogP contribution in [0.5, 0.6) is 0 Å². The van der Waals surface area contributed by atoms with Crippen LogP contribution in [0, 0.1) is 0 Å². The third kappa shape index (κ3) is 4.20. The van der Waals surface area contributed by atoms with Crippen LogP contribution in [0.25, 0.3) is 99.0 Å². The summed E-state index contributed by atoms with van der Waals surface area (Å²) in [7, 11) is 2.20. The van der Waals surface area contributed by atoms with Gasteiger partial charge in [-0.05, 0) is 89.0 Å². The first kappa shape index (κ1) is 28.9. The summed E-state index contributed by atoms with van der Waals surface area (Å²) < 4.78 is 7.12. The predicted molar refractivity (Wildman–Crippen MR) is 220 cm³/mol. The third-order valence-electron chi connectivity index (χ3n) is 11.1. The lowest BCUT2D eigenvalue weighted by atomic mass is 10.00. The quantitative estimate of drug-likeness (QED) is 0.178. The average molecular weight is 664 g/mol. The van der Waals surface area contributed by atoms with Gasteiger partial charge in [-0.15, -0.1) is 0 Å². The maximum Gasteiger partial charge on any atom is 0.0547 e. The van der Waals surface area contributed by atoms with Crippen molar-refractivity contribution < 1.29 is 0 Å². The number of aromatic nitrogens is 3. The number of para-hydroxylation sites is 4. The van der Waals surface area contributed by atoms with Crippen LogP contribution >= 0.6 is 0 Å². The van der Waals surface area contributed by atoms with E-state index < -0.39 is 0 Å². The highest BCUT2D eigenvalue weighted by atomic mass is 15.0. The minimum atomic E-state index is 1.17. The van der Waals surface area contributed by atoms with Crippen molar-refractivity contribution in [3.05, 3.63) is 182 Å². The van der Waals surface area contributed by atoms with Crippen LogP contribution in [0.2, 0.25) is 0 Å². The lowest BCUT2D eigenvalue weighted by Gasteiger charge is -2.09. The third-order valence-corrected chi connectivity index (χ3v) is 11.1. The highest BCUT2D eigenvalue weighted by Gasteiger charge is 2.17. The van der Waals surface area contributed by atoms with Crippen LogP contribution in [0.1, 0.15) is 0 Å². The van der Waals surface area contributed by atoms with Crippen molar-refractivity contribution in [2.45, 2.75) is 0 Å². The molecule has 0 aliphatic rings. The van der Waals surface area contributed by atoms with Gasteiger partial charge in [-0.3, -0.25) is 0 Å². The van der Waals surface area contributed by atoms with E-state index >= 15 is 0 Å². The Bertz CT molecular complexity index is 3180. The Labute approximate surface area is 300 Å². The van der Waals surface area contributed by atoms with Crippen molar-refractivity contribution in [2.24, 2.45) is 7.05 Å². The first-order valence-corrected chi connectivity index (χ1v) is 17.9. The molecule has 3 nitrogen and oxygen atoms in total. The Morgan fingerprint density at radius 3 is 1.19 bits per heavy atom. The van der Waals surface area contributed by atoms with Crippen molar-refractivity contribution in [2.75, 3.05) is 0 Å². The van der Waals surface area contributed by atoms with E-state index in [1.807, 2.05) is 0 Å². The largest absolute Gasteiger partial charge is 0.344 e. The first-order valence-electron chi connectivity index (χ1n) is 17.9. The molecule has 0 unspecified atom stereocenters. The Kier molecular flexibility index (Phi) is 6.17. The molecule has 0 spiro atoms. The lowest BCUT2D eigenvalue weighted by molar-refractivity contribution is 1.01. The molecule has 0 radical (unpaired) electrons. The smallest absolute Gasteiger partial charge is 0.0547 e. The molecular weight excluding hydrogens is 631 g/mol. The van der Waals surface area contributed by atoms with Crippen LogP contribution in [-0.4, -0.2) is 13.7 Å². The predicted octanol–water partition coefficient (Wildman–Crippen LogP) is 12.9. The Balaban J connectivity index is 1.04. The highest BCUT2D eigenvalue weighted by Crippen LogP contribution is 2.39. The van der Waals surface area contributed by atoms with Gasteiger partial charge in [0, 0.05) is 61.8 Å². The minimum Gasteiger partial charge on any atom is -0.344 e. The van der Waals surface area contributed by atoms with E-state index in [1.165, 1.54) is 99.0 Å². The molecule has 0 fully saturated rings. The molecule has 0 aliphatic heterocycles. The van der Waals surface area contributed by atoms with Gasteiger partial charge in [0.25, 0.3) is 0 Å². The zero-order valence-corrected chi connectivity index (χ0v) is 28.7. The molecule has 8 aromatic carbocycles. The molecule has 52 heavy (non-hydrogen) atoms. The number of hydrogen-bond donors (Lipinski definition) is 0. The fourth-order valence-corrected chi connectivity index (χ4v) is 8.58. The molecule has 11 rings (SSSR count). The second-order valence-electron chi connectivity index (χ2n) is 13.9. The van der Waals surface area contributed by atoms with E-state index in [-0.39, 0.29) is 0 Å². The van der Waals surface area contributed by atoms with Gasteiger partial charge in [-0.2, -0.15) is 0 Å². The number of nitrogens with zero attached hydrogens (tertiary/aromatic N) is 3. The number of benzene rings is 8. The van der Waals surface area contributed by atoms with Gasteiger partial charge in [-0.25, -0.2) is 0 Å². The standard InChI is InChI=1S/C49H33N3/c1-50-47-29-33(32-23-27-46-43(28-32)39-17-9-11-19-45(39)51(46)36-12-4-2-5-13-36)20-24-40(47)41-25-21-34(30-48(41)50)35-22-26-42-38-16-8-10-18-44(38)52(49(42)31-35)37-14-6-3-7-15-37/h2-31H,1H3. The van der Waals surface area contributed by atoms with Crippen LogP contribution < -0.4 is 0 Å². The first-order chi connectivity index (χ1) is 25.7. The van der Waals surface area contributed by atoms with E-state index in [4.69, 9.17) is 0 Å². The molecular formula is C49H33N3. The Hall–Kier alpha value is -6.84. The molecule has 3 heterocycles. The second kappa shape index (κ2) is 11.1. The topological polar surface area (TPSA) is 14.8 Å². The van der Waals surface area contributed by atoms with Gasteiger partial charge in [0.1, 0.15) is 0 Å². The zero-order chi connectivity index (χ0) is 34.3. The van der Waals surface area contributed by atoms with Crippen molar-refractivity contribution >= 4 is 65.4 Å². The van der Waals surface area contributed by atoms with Crippen LogP contribution in [0.4, 0.5) is 0 Å². The van der Waals surface area contributed by atoms with Gasteiger partial charge >= 0.3 is 0 Å². The van der Waals surface area contributed by atoms with E-state index in [0.29, 0.717) is 0 Å². The molecule has 0 bridgehead atoms. The average Bonchev–Trinajstić information content (AvgIpc) is 3.82. The maximum absolute atomic E-state index is 2.39. The maximum atomic E-state index is 2.39. The number of fused-ring (bicyclic) bond motifs is 9. The SMILES string of the molecule is Cn1c2cc(-c3ccc4c(c3)c3ccccc3n4-c3ccccc3)ccc2c2ccc(-c3ccc4c5ccccc5n(-c5ccccc5)c4c3)cc21. The van der Waals surface area contributed by atoms with Crippen molar-refractivity contribution in [3.63, 3.8) is 0 Å². The molecule has 0 aliphatic carbocycles. The molecule has 0 saturated heterocycles. The normalized spacial score (nSPS) is 11.9. The summed E-state index contributed by atoms with van der Waals surface area (Å²) >= 11 is 0. The van der Waals surface area contributed by atoms with E-state index in [0.717, 1.165) is 0 Å². The molecule has 0 saturated carbocycles. The Morgan fingerprint density at radius 2 is 0.635 bits per heavy atom. The summed E-state index contributed by atoms with van der Waals surface area (Å²) in [5, 5.41) is 7.62. The summed E-state index contributed by atoms with van der Waals surface area (Å²) in [5.41, 5.74) is 14.6. The molecule has 3 aromatic heterocycles.